The van der Waals surface area contributed by atoms with Crippen LogP contribution in [0.5, 0.6) is 5.75 Å². The Morgan fingerprint density at radius 1 is 1.24 bits per heavy atom. The van der Waals surface area contributed by atoms with Crippen LogP contribution < -0.4 is 4.74 Å². The third-order valence-corrected chi connectivity index (χ3v) is 3.84. The number of carbonyl (C=O) groups excluding carboxylic acids is 1. The fourth-order valence-corrected chi connectivity index (χ4v) is 2.51. The molecule has 3 aromatic rings. The largest absolute Gasteiger partial charge is 0.493 e. The Kier molecular flexibility index (Phi) is 4.35. The molecule has 0 aliphatic heterocycles. The quantitative estimate of drug-likeness (QED) is 0.295. The van der Waals surface area contributed by atoms with Gasteiger partial charge in [0.05, 0.1) is 12.0 Å². The molecule has 0 saturated heterocycles. The maximum absolute atomic E-state index is 12.3. The van der Waals surface area contributed by atoms with Crippen LogP contribution in [0.2, 0.25) is 0 Å². The van der Waals surface area contributed by atoms with Crippen molar-refractivity contribution >= 4 is 28.5 Å². The van der Waals surface area contributed by atoms with E-state index in [9.17, 15) is 14.9 Å². The highest BCUT2D eigenvalue weighted by atomic mass is 16.6. The Balaban J connectivity index is 1.88. The van der Waals surface area contributed by atoms with Crippen molar-refractivity contribution in [1.82, 2.24) is 0 Å². The molecule has 0 spiro atoms. The normalized spacial score (nSPS) is 11.1. The van der Waals surface area contributed by atoms with Crippen LogP contribution in [0.4, 0.5) is 5.69 Å². The predicted molar refractivity (Wildman–Crippen MR) is 94.0 cm³/mol. The van der Waals surface area contributed by atoms with Crippen LogP contribution in [-0.2, 0) is 0 Å². The van der Waals surface area contributed by atoms with Gasteiger partial charge in [-0.2, -0.15) is 0 Å². The number of benzene rings is 2. The molecule has 0 radical (unpaired) electrons. The lowest BCUT2D eigenvalue weighted by Gasteiger charge is -1.99. The molecule has 0 saturated carbocycles. The van der Waals surface area contributed by atoms with E-state index in [4.69, 9.17) is 9.15 Å². The number of furan rings is 1. The van der Waals surface area contributed by atoms with Gasteiger partial charge in [0.15, 0.2) is 17.1 Å². The first-order valence-corrected chi connectivity index (χ1v) is 7.53. The second-order valence-electron chi connectivity index (χ2n) is 5.48. The van der Waals surface area contributed by atoms with Gasteiger partial charge in [-0.25, -0.2) is 0 Å². The van der Waals surface area contributed by atoms with Crippen LogP contribution in [0.1, 0.15) is 21.7 Å². The number of ether oxygens (including phenoxy) is 1. The molecule has 0 amide bonds. The van der Waals surface area contributed by atoms with Crippen LogP contribution in [0.15, 0.2) is 53.0 Å². The minimum absolute atomic E-state index is 0.0762. The van der Waals surface area contributed by atoms with Crippen molar-refractivity contribution in [3.05, 3.63) is 75.5 Å². The molecule has 126 valence electrons. The number of hydrogen-bond acceptors (Lipinski definition) is 5. The van der Waals surface area contributed by atoms with E-state index in [2.05, 4.69) is 0 Å². The van der Waals surface area contributed by atoms with Gasteiger partial charge in [-0.3, -0.25) is 14.9 Å². The molecule has 6 heteroatoms. The molecule has 0 atom stereocenters. The predicted octanol–water partition coefficient (Wildman–Crippen LogP) is 4.55. The van der Waals surface area contributed by atoms with Crippen LogP contribution in [-0.4, -0.2) is 17.8 Å². The summed E-state index contributed by atoms with van der Waals surface area (Å²) in [5.41, 5.74) is 1.29. The molecule has 6 nitrogen and oxygen atoms in total. The molecule has 0 bridgehead atoms. The van der Waals surface area contributed by atoms with Crippen LogP contribution >= 0.6 is 0 Å². The Bertz CT molecular complexity index is 1000. The zero-order valence-corrected chi connectivity index (χ0v) is 13.7. The molecule has 0 N–H and O–H groups in total. The average molecular weight is 337 g/mol. The van der Waals surface area contributed by atoms with Crippen LogP contribution in [0, 0.1) is 17.0 Å². The van der Waals surface area contributed by atoms with Gasteiger partial charge >= 0.3 is 0 Å². The molecule has 25 heavy (non-hydrogen) atoms. The van der Waals surface area contributed by atoms with Crippen LogP contribution in [0.25, 0.3) is 17.0 Å². The molecule has 1 aromatic heterocycles. The number of fused-ring (bicyclic) bond motifs is 1. The summed E-state index contributed by atoms with van der Waals surface area (Å²) in [4.78, 5) is 22.8. The SMILES string of the molecule is COc1cccc2cc(/C=C/C(=O)c3ccc(C)c([N+](=O)[O-])c3)oc12. The van der Waals surface area contributed by atoms with E-state index in [0.29, 0.717) is 22.7 Å². The highest BCUT2D eigenvalue weighted by Gasteiger charge is 2.14. The number of rotatable bonds is 5. The topological polar surface area (TPSA) is 82.6 Å². The van der Waals surface area contributed by atoms with E-state index in [1.807, 2.05) is 12.1 Å². The highest BCUT2D eigenvalue weighted by Crippen LogP contribution is 2.29. The summed E-state index contributed by atoms with van der Waals surface area (Å²) in [6.07, 6.45) is 2.87. The minimum atomic E-state index is -0.499. The van der Waals surface area contributed by atoms with Gasteiger partial charge < -0.3 is 9.15 Å². The van der Waals surface area contributed by atoms with E-state index >= 15 is 0 Å². The number of methoxy groups -OCH3 is 1. The van der Waals surface area contributed by atoms with Gasteiger partial charge in [-0.1, -0.05) is 24.3 Å². The number of hydrogen-bond donors (Lipinski definition) is 0. The van der Waals surface area contributed by atoms with Gasteiger partial charge in [-0.05, 0) is 31.2 Å². The number of nitrogens with zero attached hydrogens (tertiary/aromatic N) is 1. The number of para-hydroxylation sites is 1. The summed E-state index contributed by atoms with van der Waals surface area (Å²) in [6, 6.07) is 11.7. The third kappa shape index (κ3) is 3.28. The maximum Gasteiger partial charge on any atom is 0.273 e. The van der Waals surface area contributed by atoms with Gasteiger partial charge in [0.25, 0.3) is 5.69 Å². The number of allylic oxidation sites excluding steroid dienone is 1. The van der Waals surface area contributed by atoms with Gasteiger partial charge in [0, 0.05) is 22.6 Å². The van der Waals surface area contributed by atoms with Crippen molar-refractivity contribution in [2.75, 3.05) is 7.11 Å². The standard InChI is InChI=1S/C19H15NO5/c1-12-6-7-13(11-16(12)20(22)23)17(21)9-8-15-10-14-4-3-5-18(24-2)19(14)25-15/h3-11H,1-2H3/b9-8+. The minimum Gasteiger partial charge on any atom is -0.493 e. The smallest absolute Gasteiger partial charge is 0.273 e. The van der Waals surface area contributed by atoms with Crippen molar-refractivity contribution < 1.29 is 18.9 Å². The number of nitro benzene ring substituents is 1. The zero-order chi connectivity index (χ0) is 18.0. The third-order valence-electron chi connectivity index (χ3n) is 3.84. The Morgan fingerprint density at radius 3 is 2.76 bits per heavy atom. The summed E-state index contributed by atoms with van der Waals surface area (Å²) >= 11 is 0. The molecule has 0 aliphatic carbocycles. The lowest BCUT2D eigenvalue weighted by Crippen LogP contribution is -1.98. The number of aryl methyl sites for hydroxylation is 1. The van der Waals surface area contributed by atoms with Crippen molar-refractivity contribution in [3.63, 3.8) is 0 Å². The lowest BCUT2D eigenvalue weighted by molar-refractivity contribution is -0.385. The van der Waals surface area contributed by atoms with Gasteiger partial charge in [-0.15, -0.1) is 0 Å². The monoisotopic (exact) mass is 337 g/mol. The van der Waals surface area contributed by atoms with E-state index in [1.54, 1.807) is 38.3 Å². The van der Waals surface area contributed by atoms with Gasteiger partial charge in [0.2, 0.25) is 0 Å². The van der Waals surface area contributed by atoms with Crippen LogP contribution in [0.3, 0.4) is 0 Å². The molecular formula is C19H15NO5. The molecule has 0 unspecified atom stereocenters. The van der Waals surface area contributed by atoms with E-state index in [0.717, 1.165) is 5.39 Å². The first kappa shape index (κ1) is 16.4. The Hall–Kier alpha value is -3.41. The molecule has 1 heterocycles. The highest BCUT2D eigenvalue weighted by molar-refractivity contribution is 6.07. The van der Waals surface area contributed by atoms with Crippen molar-refractivity contribution in [1.29, 1.82) is 0 Å². The summed E-state index contributed by atoms with van der Waals surface area (Å²) < 4.78 is 10.9. The first-order chi connectivity index (χ1) is 12.0. The average Bonchev–Trinajstić information content (AvgIpc) is 3.02. The van der Waals surface area contributed by atoms with E-state index < -0.39 is 4.92 Å². The number of ketones is 1. The summed E-state index contributed by atoms with van der Waals surface area (Å²) in [5, 5.41) is 11.8. The lowest BCUT2D eigenvalue weighted by atomic mass is 10.1. The molecule has 0 aliphatic rings. The second-order valence-corrected chi connectivity index (χ2v) is 5.48. The molecule has 2 aromatic carbocycles. The van der Waals surface area contributed by atoms with Crippen molar-refractivity contribution in [2.24, 2.45) is 0 Å². The Labute approximate surface area is 143 Å². The van der Waals surface area contributed by atoms with E-state index in [1.165, 1.54) is 18.2 Å². The maximum atomic E-state index is 12.3. The summed E-state index contributed by atoms with van der Waals surface area (Å²) in [6.45, 7) is 1.63. The molecule has 0 fully saturated rings. The fraction of sp³-hybridized carbons (Fsp3) is 0.105. The van der Waals surface area contributed by atoms with Crippen molar-refractivity contribution in [2.45, 2.75) is 6.92 Å². The molecule has 3 rings (SSSR count). The summed E-state index contributed by atoms with van der Waals surface area (Å²) in [7, 11) is 1.56. The van der Waals surface area contributed by atoms with E-state index in [-0.39, 0.29) is 17.0 Å². The number of nitro groups is 1. The first-order valence-electron chi connectivity index (χ1n) is 7.53. The Morgan fingerprint density at radius 2 is 2.04 bits per heavy atom. The summed E-state index contributed by atoms with van der Waals surface area (Å²) in [5.74, 6) is 0.766. The molecular weight excluding hydrogens is 322 g/mol. The van der Waals surface area contributed by atoms with Crippen molar-refractivity contribution in [3.8, 4) is 5.75 Å². The second kappa shape index (κ2) is 6.60. The van der Waals surface area contributed by atoms with Gasteiger partial charge in [0.1, 0.15) is 5.76 Å². The zero-order valence-electron chi connectivity index (χ0n) is 13.7. The fourth-order valence-electron chi connectivity index (χ4n) is 2.51. The number of carbonyl (C=O) groups is 1.